The Labute approximate surface area is 256 Å². The molecule has 16 nitrogen and oxygen atoms in total. The lowest BCUT2D eigenvalue weighted by Gasteiger charge is -2.40. The lowest BCUT2D eigenvalue weighted by molar-refractivity contribution is -0.252. The van der Waals surface area contributed by atoms with Gasteiger partial charge in [0.1, 0.15) is 31.0 Å². The summed E-state index contributed by atoms with van der Waals surface area (Å²) in [5.41, 5.74) is 10.9. The Morgan fingerprint density at radius 3 is 1.70 bits per heavy atom. The smallest absolute Gasteiger partial charge is 0.407 e. The van der Waals surface area contributed by atoms with E-state index >= 15 is 0 Å². The third-order valence-corrected chi connectivity index (χ3v) is 6.81. The minimum absolute atomic E-state index is 0.380. The van der Waals surface area contributed by atoms with Gasteiger partial charge in [0, 0.05) is 26.2 Å². The van der Waals surface area contributed by atoms with Crippen molar-refractivity contribution in [2.75, 3.05) is 85.1 Å². The van der Waals surface area contributed by atoms with Crippen LogP contribution in [0.4, 0.5) is 9.59 Å². The van der Waals surface area contributed by atoms with Gasteiger partial charge in [-0.3, -0.25) is 0 Å². The maximum atomic E-state index is 12.2. The molecule has 5 unspecified atom stereocenters. The predicted molar refractivity (Wildman–Crippen MR) is 164 cm³/mol. The number of carbonyl (C=O) groups excluding carboxylic acids is 2. The second-order valence-corrected chi connectivity index (χ2v) is 10.5. The number of hydrogen-bond acceptors (Lipinski definition) is 13. The number of rotatable bonds is 26. The van der Waals surface area contributed by atoms with Crippen molar-refractivity contribution in [3.8, 4) is 0 Å². The summed E-state index contributed by atoms with van der Waals surface area (Å²) in [7, 11) is 0. The summed E-state index contributed by atoms with van der Waals surface area (Å²) in [6, 6.07) is -1.87. The molecule has 14 N–H and O–H groups in total. The molecule has 1 heterocycles. The fourth-order valence-electron chi connectivity index (χ4n) is 4.30. The van der Waals surface area contributed by atoms with Crippen LogP contribution in [-0.2, 0) is 9.47 Å². The number of aliphatic hydroxyl groups excluding tert-OH is 3. The Bertz CT molecular complexity index is 699. The molecule has 1 rings (SSSR count). The van der Waals surface area contributed by atoms with Crippen LogP contribution in [0, 0.1) is 0 Å². The Kier molecular flexibility index (Phi) is 24.2. The van der Waals surface area contributed by atoms with Crippen molar-refractivity contribution in [2.24, 2.45) is 11.5 Å². The van der Waals surface area contributed by atoms with Crippen molar-refractivity contribution in [1.82, 2.24) is 37.2 Å². The van der Waals surface area contributed by atoms with Crippen molar-refractivity contribution >= 4 is 12.1 Å². The second-order valence-electron chi connectivity index (χ2n) is 10.5. The SMILES string of the molecule is NCCCNCCCCNCCCNC(=O)OCC1OC(O)C(NC(=O)NCCCNCCCCNCCN)C(O)C1O. The molecule has 0 aromatic heterocycles. The summed E-state index contributed by atoms with van der Waals surface area (Å²) < 4.78 is 10.4. The van der Waals surface area contributed by atoms with Crippen LogP contribution in [0.1, 0.15) is 44.9 Å². The molecular weight excluding hydrogens is 562 g/mol. The lowest BCUT2D eigenvalue weighted by atomic mass is 9.97. The van der Waals surface area contributed by atoms with Gasteiger partial charge in [-0.15, -0.1) is 0 Å². The number of unbranched alkanes of at least 4 members (excludes halogenated alkanes) is 2. The summed E-state index contributed by atoms with van der Waals surface area (Å²) in [4.78, 5) is 24.2. The third kappa shape index (κ3) is 19.9. The first-order chi connectivity index (χ1) is 20.9. The highest BCUT2D eigenvalue weighted by Crippen LogP contribution is 2.20. The zero-order valence-electron chi connectivity index (χ0n) is 25.7. The van der Waals surface area contributed by atoms with Crippen molar-refractivity contribution in [3.63, 3.8) is 0 Å². The number of hydrogen-bond donors (Lipinski definition) is 12. The van der Waals surface area contributed by atoms with Crippen LogP contribution in [0.3, 0.4) is 0 Å². The molecule has 1 saturated heterocycles. The molecule has 0 aromatic rings. The van der Waals surface area contributed by atoms with E-state index in [2.05, 4.69) is 37.2 Å². The summed E-state index contributed by atoms with van der Waals surface area (Å²) in [5.74, 6) is 0. The monoisotopic (exact) mass is 621 g/mol. The molecule has 0 bridgehead atoms. The topological polar surface area (TPSA) is 250 Å². The Balaban J connectivity index is 2.10. The minimum atomic E-state index is -1.60. The van der Waals surface area contributed by atoms with Gasteiger partial charge in [0.15, 0.2) is 6.29 Å². The Hall–Kier alpha value is -1.86. The number of nitrogens with one attached hydrogen (secondary N) is 7. The van der Waals surface area contributed by atoms with Crippen LogP contribution in [0.5, 0.6) is 0 Å². The highest BCUT2D eigenvalue weighted by atomic mass is 16.6. The number of urea groups is 1. The third-order valence-electron chi connectivity index (χ3n) is 6.81. The highest BCUT2D eigenvalue weighted by molar-refractivity contribution is 5.74. The standard InChI is InChI=1S/C27H59N9O7/c28-8-5-14-30-10-1-2-11-32-16-7-18-35-27(41)42-20-21-23(37)24(38)22(25(39)43-21)36-26(40)34-17-6-15-31-12-3-4-13-33-19-9-29/h21-25,30-33,37-39H,1-20,28-29H2,(H,35,41)(H2,34,36,40). The van der Waals surface area contributed by atoms with Crippen LogP contribution in [0.2, 0.25) is 0 Å². The number of nitrogens with two attached hydrogens (primary N) is 2. The van der Waals surface area contributed by atoms with Gasteiger partial charge in [-0.05, 0) is 97.3 Å². The van der Waals surface area contributed by atoms with E-state index in [0.29, 0.717) is 39.0 Å². The van der Waals surface area contributed by atoms with Gasteiger partial charge in [0.2, 0.25) is 0 Å². The molecule has 254 valence electrons. The average Bonchev–Trinajstić information content (AvgIpc) is 2.99. The van der Waals surface area contributed by atoms with Gasteiger partial charge in [-0.25, -0.2) is 9.59 Å². The molecule has 5 atom stereocenters. The number of ether oxygens (including phenoxy) is 2. The summed E-state index contributed by atoms with van der Waals surface area (Å²) in [5, 5.41) is 52.1. The van der Waals surface area contributed by atoms with Crippen LogP contribution in [-0.4, -0.2) is 143 Å². The molecule has 1 aliphatic heterocycles. The Morgan fingerprint density at radius 2 is 1.14 bits per heavy atom. The van der Waals surface area contributed by atoms with E-state index < -0.39 is 42.8 Å². The minimum Gasteiger partial charge on any atom is -0.447 e. The van der Waals surface area contributed by atoms with Gasteiger partial charge in [0.25, 0.3) is 0 Å². The lowest BCUT2D eigenvalue weighted by Crippen LogP contribution is -2.65. The normalized spacial score (nSPS) is 21.8. The molecule has 0 spiro atoms. The van der Waals surface area contributed by atoms with Crippen molar-refractivity contribution in [3.05, 3.63) is 0 Å². The maximum Gasteiger partial charge on any atom is 0.407 e. The zero-order chi connectivity index (χ0) is 31.5. The van der Waals surface area contributed by atoms with Crippen LogP contribution in [0.25, 0.3) is 0 Å². The molecule has 43 heavy (non-hydrogen) atoms. The number of carbonyl (C=O) groups is 2. The molecule has 1 aliphatic rings. The first-order valence-corrected chi connectivity index (χ1v) is 15.8. The first-order valence-electron chi connectivity index (χ1n) is 15.8. The van der Waals surface area contributed by atoms with Gasteiger partial charge in [-0.1, -0.05) is 0 Å². The zero-order valence-corrected chi connectivity index (χ0v) is 25.7. The first kappa shape index (κ1) is 39.2. The van der Waals surface area contributed by atoms with Gasteiger partial charge in [0.05, 0.1) is 0 Å². The van der Waals surface area contributed by atoms with Gasteiger partial charge < -0.3 is 73.5 Å². The summed E-state index contributed by atoms with van der Waals surface area (Å²) in [6.07, 6.45) is 0.146. The Morgan fingerprint density at radius 1 is 0.628 bits per heavy atom. The highest BCUT2D eigenvalue weighted by Gasteiger charge is 2.45. The molecule has 16 heteroatoms. The van der Waals surface area contributed by atoms with Crippen molar-refractivity contribution in [1.29, 1.82) is 0 Å². The van der Waals surface area contributed by atoms with E-state index in [1.807, 2.05) is 0 Å². The van der Waals surface area contributed by atoms with Crippen molar-refractivity contribution in [2.45, 2.75) is 75.6 Å². The molecule has 0 aromatic carbocycles. The molecule has 0 radical (unpaired) electrons. The maximum absolute atomic E-state index is 12.2. The van der Waals surface area contributed by atoms with E-state index in [1.54, 1.807) is 0 Å². The summed E-state index contributed by atoms with van der Waals surface area (Å²) in [6.45, 7) is 8.68. The van der Waals surface area contributed by atoms with E-state index in [9.17, 15) is 24.9 Å². The molecule has 0 aliphatic carbocycles. The van der Waals surface area contributed by atoms with E-state index in [1.165, 1.54) is 0 Å². The predicted octanol–water partition coefficient (Wildman–Crippen LogP) is -3.17. The number of amides is 3. The second kappa shape index (κ2) is 26.5. The van der Waals surface area contributed by atoms with Crippen molar-refractivity contribution < 1.29 is 34.4 Å². The molecule has 1 fully saturated rings. The van der Waals surface area contributed by atoms with E-state index in [4.69, 9.17) is 20.9 Å². The molecule has 3 amide bonds. The quantitative estimate of drug-likeness (QED) is 0.0427. The van der Waals surface area contributed by atoms with Crippen LogP contribution >= 0.6 is 0 Å². The van der Waals surface area contributed by atoms with Crippen LogP contribution < -0.4 is 48.7 Å². The number of alkyl carbamates (subject to hydrolysis) is 1. The fraction of sp³-hybridized carbons (Fsp3) is 0.926. The van der Waals surface area contributed by atoms with Gasteiger partial charge >= 0.3 is 12.1 Å². The molecular formula is C27H59N9O7. The number of aliphatic hydroxyl groups is 3. The fourth-order valence-corrected chi connectivity index (χ4v) is 4.30. The van der Waals surface area contributed by atoms with Gasteiger partial charge in [-0.2, -0.15) is 0 Å². The summed E-state index contributed by atoms with van der Waals surface area (Å²) >= 11 is 0. The van der Waals surface area contributed by atoms with E-state index in [0.717, 1.165) is 84.5 Å². The van der Waals surface area contributed by atoms with Crippen LogP contribution in [0.15, 0.2) is 0 Å². The van der Waals surface area contributed by atoms with E-state index in [-0.39, 0.29) is 6.61 Å². The largest absolute Gasteiger partial charge is 0.447 e. The molecule has 0 saturated carbocycles. The average molecular weight is 622 g/mol.